The molecule has 0 unspecified atom stereocenters. The van der Waals surface area contributed by atoms with Crippen LogP contribution in [0, 0.1) is 0 Å². The van der Waals surface area contributed by atoms with Gasteiger partial charge in [0.1, 0.15) is 0 Å². The zero-order valence-electron chi connectivity index (χ0n) is 7.28. The monoisotopic (exact) mass is 197 g/mol. The molecule has 0 aliphatic carbocycles. The van der Waals surface area contributed by atoms with Gasteiger partial charge >= 0.3 is 0 Å². The van der Waals surface area contributed by atoms with Crippen LogP contribution in [0.3, 0.4) is 0 Å². The molecule has 1 N–H and O–H groups in total. The van der Waals surface area contributed by atoms with Gasteiger partial charge in [-0.15, -0.1) is 0 Å². The van der Waals surface area contributed by atoms with Gasteiger partial charge in [-0.25, -0.2) is 4.42 Å². The van der Waals surface area contributed by atoms with Crippen LogP contribution in [0.1, 0.15) is 5.56 Å². The maximum atomic E-state index is 9.91. The molecule has 0 amide bonds. The molecule has 1 aromatic carbocycles. The number of hydrogen-bond acceptors (Lipinski definition) is 2. The highest BCUT2D eigenvalue weighted by atomic mass is 35.5. The zero-order valence-corrected chi connectivity index (χ0v) is 8.04. The molecule has 2 rings (SSSR count). The molecule has 1 aliphatic rings. The molecular formula is C10H12ClNO. The van der Waals surface area contributed by atoms with E-state index in [4.69, 9.17) is 11.8 Å². The lowest BCUT2D eigenvalue weighted by Crippen LogP contribution is -2.59. The fraction of sp³-hybridized carbons (Fsp3) is 0.400. The lowest BCUT2D eigenvalue weighted by molar-refractivity contribution is -0.0575. The van der Waals surface area contributed by atoms with Gasteiger partial charge in [-0.1, -0.05) is 30.3 Å². The van der Waals surface area contributed by atoms with E-state index in [1.807, 2.05) is 30.3 Å². The van der Waals surface area contributed by atoms with Gasteiger partial charge in [-0.2, -0.15) is 0 Å². The first-order chi connectivity index (χ1) is 6.18. The number of rotatable bonds is 2. The highest BCUT2D eigenvalue weighted by Crippen LogP contribution is 2.26. The molecule has 1 fully saturated rings. The van der Waals surface area contributed by atoms with E-state index in [0.29, 0.717) is 19.5 Å². The van der Waals surface area contributed by atoms with Crippen molar-refractivity contribution in [3.8, 4) is 0 Å². The van der Waals surface area contributed by atoms with E-state index in [1.54, 1.807) is 4.42 Å². The number of β-amino-alcohol motifs (C(OH)–C–C–N with tert-alkyl or cyclic N) is 1. The van der Waals surface area contributed by atoms with Crippen LogP contribution in [0.4, 0.5) is 0 Å². The first kappa shape index (κ1) is 9.00. The van der Waals surface area contributed by atoms with Gasteiger partial charge in [-0.05, 0) is 17.3 Å². The van der Waals surface area contributed by atoms with Gasteiger partial charge < -0.3 is 5.11 Å². The summed E-state index contributed by atoms with van der Waals surface area (Å²) < 4.78 is 1.60. The van der Waals surface area contributed by atoms with Gasteiger partial charge in [0.05, 0.1) is 5.60 Å². The standard InChI is InChI=1S/C10H12ClNO/c11-12-7-10(13,8-12)6-9-4-2-1-3-5-9/h1-5,13H,6-8H2. The second kappa shape index (κ2) is 3.29. The van der Waals surface area contributed by atoms with Crippen molar-refractivity contribution in [1.82, 2.24) is 4.42 Å². The summed E-state index contributed by atoms with van der Waals surface area (Å²) in [5.41, 5.74) is 0.554. The van der Waals surface area contributed by atoms with Crippen LogP contribution in [0.25, 0.3) is 0 Å². The van der Waals surface area contributed by atoms with E-state index in [0.717, 1.165) is 5.56 Å². The number of aliphatic hydroxyl groups is 1. The molecule has 3 heteroatoms. The van der Waals surface area contributed by atoms with Crippen LogP contribution in [-0.2, 0) is 6.42 Å². The third-order valence-electron chi connectivity index (χ3n) is 2.31. The Balaban J connectivity index is 1.99. The minimum Gasteiger partial charge on any atom is -0.387 e. The molecule has 1 aliphatic heterocycles. The first-order valence-electron chi connectivity index (χ1n) is 4.35. The largest absolute Gasteiger partial charge is 0.387 e. The fourth-order valence-electron chi connectivity index (χ4n) is 1.68. The molecule has 70 valence electrons. The molecule has 0 radical (unpaired) electrons. The maximum Gasteiger partial charge on any atom is 0.0966 e. The van der Waals surface area contributed by atoms with Crippen molar-refractivity contribution < 1.29 is 5.11 Å². The second-order valence-electron chi connectivity index (χ2n) is 3.67. The Morgan fingerprint density at radius 1 is 1.31 bits per heavy atom. The van der Waals surface area contributed by atoms with Crippen molar-refractivity contribution in [3.05, 3.63) is 35.9 Å². The molecule has 1 heterocycles. The van der Waals surface area contributed by atoms with Crippen molar-refractivity contribution in [1.29, 1.82) is 0 Å². The summed E-state index contributed by atoms with van der Waals surface area (Å²) in [5.74, 6) is 0. The molecule has 0 atom stereocenters. The topological polar surface area (TPSA) is 23.5 Å². The number of nitrogens with zero attached hydrogens (tertiary/aromatic N) is 1. The van der Waals surface area contributed by atoms with Crippen LogP contribution in [0.15, 0.2) is 30.3 Å². The van der Waals surface area contributed by atoms with Crippen molar-refractivity contribution in [2.45, 2.75) is 12.0 Å². The Morgan fingerprint density at radius 2 is 1.92 bits per heavy atom. The third kappa shape index (κ3) is 2.02. The molecule has 0 bridgehead atoms. The van der Waals surface area contributed by atoms with Crippen molar-refractivity contribution >= 4 is 11.8 Å². The van der Waals surface area contributed by atoms with Crippen molar-refractivity contribution in [3.63, 3.8) is 0 Å². The Labute approximate surface area is 82.9 Å². The maximum absolute atomic E-state index is 9.91. The molecule has 2 nitrogen and oxygen atoms in total. The Hall–Kier alpha value is -0.570. The molecule has 0 aromatic heterocycles. The minimum atomic E-state index is -0.608. The van der Waals surface area contributed by atoms with Crippen LogP contribution in [0.2, 0.25) is 0 Å². The average Bonchev–Trinajstić information content (AvgIpc) is 2.03. The number of halogens is 1. The Bertz CT molecular complexity index is 282. The van der Waals surface area contributed by atoms with Crippen molar-refractivity contribution in [2.75, 3.05) is 13.1 Å². The fourth-order valence-corrected chi connectivity index (χ4v) is 2.12. The quantitative estimate of drug-likeness (QED) is 0.726. The minimum absolute atomic E-state index is 0.559. The summed E-state index contributed by atoms with van der Waals surface area (Å²) in [6.07, 6.45) is 0.692. The van der Waals surface area contributed by atoms with Crippen molar-refractivity contribution in [2.24, 2.45) is 0 Å². The molecule has 0 saturated carbocycles. The highest BCUT2D eigenvalue weighted by molar-refractivity contribution is 6.14. The van der Waals surface area contributed by atoms with Gasteiger partial charge in [0.25, 0.3) is 0 Å². The predicted molar refractivity (Wildman–Crippen MR) is 52.5 cm³/mol. The van der Waals surface area contributed by atoms with Gasteiger partial charge in [0.2, 0.25) is 0 Å². The smallest absolute Gasteiger partial charge is 0.0966 e. The van der Waals surface area contributed by atoms with E-state index < -0.39 is 5.60 Å². The highest BCUT2D eigenvalue weighted by Gasteiger charge is 2.40. The summed E-state index contributed by atoms with van der Waals surface area (Å²) in [6, 6.07) is 9.98. The van der Waals surface area contributed by atoms with E-state index in [-0.39, 0.29) is 0 Å². The Morgan fingerprint density at radius 3 is 2.46 bits per heavy atom. The molecule has 1 saturated heterocycles. The van der Waals surface area contributed by atoms with E-state index in [1.165, 1.54) is 0 Å². The van der Waals surface area contributed by atoms with Crippen LogP contribution >= 0.6 is 11.8 Å². The third-order valence-corrected chi connectivity index (χ3v) is 2.55. The normalized spacial score (nSPS) is 21.1. The molecule has 1 aromatic rings. The summed E-state index contributed by atoms with van der Waals surface area (Å²) >= 11 is 5.67. The van der Waals surface area contributed by atoms with E-state index >= 15 is 0 Å². The lowest BCUT2D eigenvalue weighted by Gasteiger charge is -2.42. The Kier molecular flexibility index (Phi) is 2.28. The van der Waals surface area contributed by atoms with Gasteiger partial charge in [-0.3, -0.25) is 0 Å². The van der Waals surface area contributed by atoms with Crippen LogP contribution in [-0.4, -0.2) is 28.2 Å². The van der Waals surface area contributed by atoms with Crippen LogP contribution < -0.4 is 0 Å². The van der Waals surface area contributed by atoms with Gasteiger partial charge in [0.15, 0.2) is 0 Å². The summed E-state index contributed by atoms with van der Waals surface area (Å²) in [6.45, 7) is 1.12. The predicted octanol–water partition coefficient (Wildman–Crippen LogP) is 1.43. The van der Waals surface area contributed by atoms with E-state index in [2.05, 4.69) is 0 Å². The second-order valence-corrected chi connectivity index (χ2v) is 4.14. The molecular weight excluding hydrogens is 186 g/mol. The molecule has 0 spiro atoms. The average molecular weight is 198 g/mol. The first-order valence-corrected chi connectivity index (χ1v) is 4.69. The summed E-state index contributed by atoms with van der Waals surface area (Å²) in [7, 11) is 0. The summed E-state index contributed by atoms with van der Waals surface area (Å²) in [5, 5.41) is 9.91. The lowest BCUT2D eigenvalue weighted by atomic mass is 9.89. The number of benzene rings is 1. The number of hydrogen-bond donors (Lipinski definition) is 1. The van der Waals surface area contributed by atoms with E-state index in [9.17, 15) is 5.11 Å². The SMILES string of the molecule is OC1(Cc2ccccc2)CN(Cl)C1. The van der Waals surface area contributed by atoms with Crippen LogP contribution in [0.5, 0.6) is 0 Å². The van der Waals surface area contributed by atoms with Gasteiger partial charge in [0, 0.05) is 19.5 Å². The summed E-state index contributed by atoms with van der Waals surface area (Å²) in [4.78, 5) is 0. The molecule has 13 heavy (non-hydrogen) atoms. The zero-order chi connectivity index (χ0) is 9.31.